The second-order valence-corrected chi connectivity index (χ2v) is 5.85. The molecule has 0 bridgehead atoms. The number of aromatic nitrogens is 2. The number of nitrogens with one attached hydrogen (secondary N) is 2. The van der Waals surface area contributed by atoms with Crippen molar-refractivity contribution in [3.8, 4) is 11.4 Å². The molecule has 0 amide bonds. The molecule has 5 heteroatoms. The number of benzene rings is 2. The van der Waals surface area contributed by atoms with Crippen molar-refractivity contribution in [2.75, 3.05) is 10.6 Å². The maximum absolute atomic E-state index is 13.9. The minimum absolute atomic E-state index is 0.311. The molecule has 0 radical (unpaired) electrons. The Morgan fingerprint density at radius 1 is 0.875 bits per heavy atom. The van der Waals surface area contributed by atoms with E-state index in [1.807, 2.05) is 36.4 Å². The molecule has 2 aromatic carbocycles. The van der Waals surface area contributed by atoms with Gasteiger partial charge in [0.1, 0.15) is 17.5 Å². The van der Waals surface area contributed by atoms with Crippen LogP contribution in [-0.2, 0) is 0 Å². The Labute approximate surface area is 139 Å². The zero-order valence-electron chi connectivity index (χ0n) is 13.0. The lowest BCUT2D eigenvalue weighted by atomic mass is 10.2. The van der Waals surface area contributed by atoms with Crippen molar-refractivity contribution >= 4 is 17.3 Å². The van der Waals surface area contributed by atoms with Gasteiger partial charge < -0.3 is 10.6 Å². The van der Waals surface area contributed by atoms with E-state index in [0.717, 1.165) is 24.2 Å². The van der Waals surface area contributed by atoms with Crippen LogP contribution in [0.3, 0.4) is 0 Å². The van der Waals surface area contributed by atoms with Gasteiger partial charge in [-0.1, -0.05) is 42.5 Å². The fourth-order valence-electron chi connectivity index (χ4n) is 2.44. The smallest absolute Gasteiger partial charge is 0.163 e. The van der Waals surface area contributed by atoms with Crippen LogP contribution in [0.4, 0.5) is 21.7 Å². The molecular weight excluding hydrogens is 303 g/mol. The van der Waals surface area contributed by atoms with Gasteiger partial charge in [0.15, 0.2) is 5.82 Å². The van der Waals surface area contributed by atoms with Gasteiger partial charge in [0, 0.05) is 17.7 Å². The lowest BCUT2D eigenvalue weighted by Gasteiger charge is -2.11. The monoisotopic (exact) mass is 320 g/mol. The summed E-state index contributed by atoms with van der Waals surface area (Å²) in [5, 5.41) is 6.43. The largest absolute Gasteiger partial charge is 0.367 e. The Kier molecular flexibility index (Phi) is 3.83. The van der Waals surface area contributed by atoms with Crippen LogP contribution in [0.2, 0.25) is 0 Å². The van der Waals surface area contributed by atoms with Crippen LogP contribution in [0.1, 0.15) is 12.8 Å². The normalized spacial score (nSPS) is 13.5. The van der Waals surface area contributed by atoms with Crippen LogP contribution < -0.4 is 10.6 Å². The molecule has 0 spiro atoms. The molecule has 1 aromatic heterocycles. The maximum Gasteiger partial charge on any atom is 0.163 e. The fourth-order valence-corrected chi connectivity index (χ4v) is 2.44. The highest BCUT2D eigenvalue weighted by molar-refractivity contribution is 5.65. The molecule has 2 N–H and O–H groups in total. The Hall–Kier alpha value is -2.95. The first-order valence-electron chi connectivity index (χ1n) is 8.00. The van der Waals surface area contributed by atoms with Crippen molar-refractivity contribution < 1.29 is 4.39 Å². The maximum atomic E-state index is 13.9. The molecule has 0 unspecified atom stereocenters. The van der Waals surface area contributed by atoms with E-state index >= 15 is 0 Å². The standard InChI is InChI=1S/C19H17FN4/c20-15-8-4-5-9-16(15)22-18-12-17(21-14-10-11-14)23-19(24-18)13-6-2-1-3-7-13/h1-9,12,14H,10-11H2,(H2,21,22,23,24). The van der Waals surface area contributed by atoms with Crippen molar-refractivity contribution in [2.24, 2.45) is 0 Å². The molecule has 4 rings (SSSR count). The second kappa shape index (κ2) is 6.28. The van der Waals surface area contributed by atoms with Crippen molar-refractivity contribution in [3.63, 3.8) is 0 Å². The highest BCUT2D eigenvalue weighted by atomic mass is 19.1. The van der Waals surface area contributed by atoms with Gasteiger partial charge >= 0.3 is 0 Å². The number of hydrogen-bond acceptors (Lipinski definition) is 4. The van der Waals surface area contributed by atoms with E-state index in [1.165, 1.54) is 6.07 Å². The first kappa shape index (κ1) is 14.6. The topological polar surface area (TPSA) is 49.8 Å². The summed E-state index contributed by atoms with van der Waals surface area (Å²) < 4.78 is 13.9. The van der Waals surface area contributed by atoms with E-state index in [2.05, 4.69) is 20.6 Å². The van der Waals surface area contributed by atoms with Gasteiger partial charge in [-0.15, -0.1) is 0 Å². The van der Waals surface area contributed by atoms with Crippen LogP contribution in [0.15, 0.2) is 60.7 Å². The first-order valence-corrected chi connectivity index (χ1v) is 8.00. The predicted octanol–water partition coefficient (Wildman–Crippen LogP) is 4.60. The Bertz CT molecular complexity index is 847. The number of halogens is 1. The minimum atomic E-state index is -0.311. The lowest BCUT2D eigenvalue weighted by Crippen LogP contribution is -2.06. The molecule has 1 saturated carbocycles. The van der Waals surface area contributed by atoms with Crippen LogP contribution in [0.5, 0.6) is 0 Å². The molecule has 4 nitrogen and oxygen atoms in total. The van der Waals surface area contributed by atoms with Crippen molar-refractivity contribution in [2.45, 2.75) is 18.9 Å². The number of anilines is 3. The van der Waals surface area contributed by atoms with E-state index in [4.69, 9.17) is 0 Å². The van der Waals surface area contributed by atoms with E-state index < -0.39 is 0 Å². The summed E-state index contributed by atoms with van der Waals surface area (Å²) in [5.74, 6) is 1.62. The van der Waals surface area contributed by atoms with Crippen LogP contribution in [0, 0.1) is 5.82 Å². The van der Waals surface area contributed by atoms with Gasteiger partial charge in [-0.05, 0) is 25.0 Å². The molecule has 24 heavy (non-hydrogen) atoms. The van der Waals surface area contributed by atoms with E-state index in [9.17, 15) is 4.39 Å². The number of para-hydroxylation sites is 1. The lowest BCUT2D eigenvalue weighted by molar-refractivity contribution is 0.632. The van der Waals surface area contributed by atoms with Gasteiger partial charge in [-0.2, -0.15) is 0 Å². The molecule has 1 aliphatic carbocycles. The van der Waals surface area contributed by atoms with Gasteiger partial charge in [0.2, 0.25) is 0 Å². The van der Waals surface area contributed by atoms with E-state index in [0.29, 0.717) is 23.4 Å². The summed E-state index contributed by atoms with van der Waals surface area (Å²) in [5.41, 5.74) is 1.32. The quantitative estimate of drug-likeness (QED) is 0.721. The van der Waals surface area contributed by atoms with Gasteiger partial charge in [-0.3, -0.25) is 0 Å². The van der Waals surface area contributed by atoms with Gasteiger partial charge in [0.05, 0.1) is 5.69 Å². The molecular formula is C19H17FN4. The molecule has 3 aromatic rings. The summed E-state index contributed by atoms with van der Waals surface area (Å²) in [6.07, 6.45) is 2.31. The van der Waals surface area contributed by atoms with Gasteiger partial charge in [0.25, 0.3) is 0 Å². The summed E-state index contributed by atoms with van der Waals surface area (Å²) in [4.78, 5) is 9.13. The number of nitrogens with zero attached hydrogens (tertiary/aromatic N) is 2. The third-order valence-electron chi connectivity index (χ3n) is 3.82. The van der Waals surface area contributed by atoms with E-state index in [-0.39, 0.29) is 5.82 Å². The van der Waals surface area contributed by atoms with Crippen molar-refractivity contribution in [3.05, 3.63) is 66.5 Å². The fraction of sp³-hybridized carbons (Fsp3) is 0.158. The Morgan fingerprint density at radius 2 is 1.58 bits per heavy atom. The van der Waals surface area contributed by atoms with Crippen LogP contribution in [-0.4, -0.2) is 16.0 Å². The molecule has 1 aliphatic rings. The summed E-state index contributed by atoms with van der Waals surface area (Å²) in [6, 6.07) is 18.6. The zero-order chi connectivity index (χ0) is 16.4. The SMILES string of the molecule is Fc1ccccc1Nc1cc(NC2CC2)nc(-c2ccccc2)n1. The third-order valence-corrected chi connectivity index (χ3v) is 3.82. The van der Waals surface area contributed by atoms with Crippen molar-refractivity contribution in [1.29, 1.82) is 0 Å². The predicted molar refractivity (Wildman–Crippen MR) is 93.8 cm³/mol. The first-order chi connectivity index (χ1) is 11.8. The highest BCUT2D eigenvalue weighted by Gasteiger charge is 2.22. The number of rotatable bonds is 5. The Morgan fingerprint density at radius 3 is 2.33 bits per heavy atom. The third kappa shape index (κ3) is 3.35. The minimum Gasteiger partial charge on any atom is -0.367 e. The average Bonchev–Trinajstić information content (AvgIpc) is 3.42. The van der Waals surface area contributed by atoms with Gasteiger partial charge in [-0.25, -0.2) is 14.4 Å². The van der Waals surface area contributed by atoms with Crippen molar-refractivity contribution in [1.82, 2.24) is 9.97 Å². The Balaban J connectivity index is 1.71. The summed E-state index contributed by atoms with van der Waals surface area (Å²) >= 11 is 0. The number of hydrogen-bond donors (Lipinski definition) is 2. The molecule has 1 fully saturated rings. The zero-order valence-corrected chi connectivity index (χ0v) is 13.0. The molecule has 0 aliphatic heterocycles. The average molecular weight is 320 g/mol. The van der Waals surface area contributed by atoms with Crippen LogP contribution >= 0.6 is 0 Å². The summed E-state index contributed by atoms with van der Waals surface area (Å²) in [7, 11) is 0. The van der Waals surface area contributed by atoms with E-state index in [1.54, 1.807) is 18.2 Å². The molecule has 0 atom stereocenters. The van der Waals surface area contributed by atoms with Crippen LogP contribution in [0.25, 0.3) is 11.4 Å². The summed E-state index contributed by atoms with van der Waals surface area (Å²) in [6.45, 7) is 0. The molecule has 120 valence electrons. The molecule has 0 saturated heterocycles. The highest BCUT2D eigenvalue weighted by Crippen LogP contribution is 2.28. The molecule has 1 heterocycles. The second-order valence-electron chi connectivity index (χ2n) is 5.85.